The molecule has 0 spiro atoms. The number of nitrogens with zero attached hydrogens (tertiary/aromatic N) is 3. The maximum Gasteiger partial charge on any atom is 0.266 e. The van der Waals surface area contributed by atoms with Gasteiger partial charge in [0.05, 0.1) is 18.1 Å². The summed E-state index contributed by atoms with van der Waals surface area (Å²) in [5.74, 6) is -0.302. The molecule has 1 amide bonds. The Labute approximate surface area is 163 Å². The van der Waals surface area contributed by atoms with E-state index >= 15 is 0 Å². The normalized spacial score (nSPS) is 15.3. The number of hydrogen-bond acceptors (Lipinski definition) is 6. The van der Waals surface area contributed by atoms with Crippen LogP contribution in [0.25, 0.3) is 0 Å². The third-order valence-corrected chi connectivity index (χ3v) is 6.25. The van der Waals surface area contributed by atoms with Gasteiger partial charge in [0.15, 0.2) is 0 Å². The second kappa shape index (κ2) is 9.09. The lowest BCUT2D eigenvalue weighted by molar-refractivity contribution is 0.0730. The first-order valence-corrected chi connectivity index (χ1v) is 10.4. The molecule has 1 aromatic heterocycles. The fourth-order valence-electron chi connectivity index (χ4n) is 2.80. The number of carbonyl (C=O) groups is 1. The summed E-state index contributed by atoms with van der Waals surface area (Å²) in [6, 6.07) is 8.86. The van der Waals surface area contributed by atoms with Gasteiger partial charge >= 0.3 is 0 Å². The van der Waals surface area contributed by atoms with Crippen LogP contribution < -0.4 is 10.9 Å². The molecule has 28 heavy (non-hydrogen) atoms. The molecule has 1 aromatic carbocycles. The third kappa shape index (κ3) is 4.83. The number of aryl methyl sites for hydroxylation is 1. The number of sulfonamides is 1. The van der Waals surface area contributed by atoms with Gasteiger partial charge in [0.2, 0.25) is 10.0 Å². The quantitative estimate of drug-likeness (QED) is 0.652. The van der Waals surface area contributed by atoms with Gasteiger partial charge in [0.25, 0.3) is 11.5 Å². The molecule has 9 nitrogen and oxygen atoms in total. The molecule has 0 atom stereocenters. The number of amides is 1. The molecule has 10 heteroatoms. The van der Waals surface area contributed by atoms with Crippen molar-refractivity contribution in [3.63, 3.8) is 0 Å². The molecular weight excluding hydrogens is 384 g/mol. The average molecular weight is 406 g/mol. The van der Waals surface area contributed by atoms with Crippen molar-refractivity contribution in [1.82, 2.24) is 19.4 Å². The second-order valence-corrected chi connectivity index (χ2v) is 8.17. The highest BCUT2D eigenvalue weighted by atomic mass is 32.2. The largest absolute Gasteiger partial charge is 0.379 e. The predicted octanol–water partition coefficient (Wildman–Crippen LogP) is 0.0843. The summed E-state index contributed by atoms with van der Waals surface area (Å²) in [5, 5.41) is 6.70. The van der Waals surface area contributed by atoms with E-state index in [9.17, 15) is 18.0 Å². The van der Waals surface area contributed by atoms with Crippen molar-refractivity contribution in [3.05, 3.63) is 58.5 Å². The Balaban J connectivity index is 1.53. The van der Waals surface area contributed by atoms with Crippen LogP contribution in [-0.4, -0.2) is 61.3 Å². The highest BCUT2D eigenvalue weighted by Crippen LogP contribution is 2.17. The van der Waals surface area contributed by atoms with E-state index in [0.29, 0.717) is 51.4 Å². The summed E-state index contributed by atoms with van der Waals surface area (Å²) in [4.78, 5) is 23.9. The molecule has 1 aliphatic rings. The van der Waals surface area contributed by atoms with Crippen molar-refractivity contribution in [3.8, 4) is 0 Å². The van der Waals surface area contributed by atoms with Crippen LogP contribution in [0.1, 0.15) is 16.8 Å². The monoisotopic (exact) mass is 406 g/mol. The SMILES string of the molecule is O=C(NCCCn1ncccc1=O)c1ccc(S(=O)(=O)N2CCOCC2)cc1. The van der Waals surface area contributed by atoms with Crippen LogP contribution in [0.4, 0.5) is 0 Å². The summed E-state index contributed by atoms with van der Waals surface area (Å²) >= 11 is 0. The molecule has 0 saturated carbocycles. The first kappa shape index (κ1) is 20.2. The Bertz CT molecular complexity index is 966. The standard InChI is InChI=1S/C18H22N4O5S/c23-17-3-1-9-20-22(17)10-2-8-19-18(24)15-4-6-16(7-5-15)28(25,26)21-11-13-27-14-12-21/h1,3-7,9H,2,8,10-14H2,(H,19,24). The zero-order valence-corrected chi connectivity index (χ0v) is 16.1. The lowest BCUT2D eigenvalue weighted by atomic mass is 10.2. The predicted molar refractivity (Wildman–Crippen MR) is 101 cm³/mol. The Morgan fingerprint density at radius 2 is 1.86 bits per heavy atom. The molecular formula is C18H22N4O5S. The van der Waals surface area contributed by atoms with Crippen molar-refractivity contribution in [2.24, 2.45) is 0 Å². The van der Waals surface area contributed by atoms with Gasteiger partial charge in [-0.2, -0.15) is 9.40 Å². The minimum absolute atomic E-state index is 0.153. The summed E-state index contributed by atoms with van der Waals surface area (Å²) in [5.41, 5.74) is 0.182. The molecule has 0 bridgehead atoms. The summed E-state index contributed by atoms with van der Waals surface area (Å²) in [6.45, 7) is 2.18. The zero-order valence-electron chi connectivity index (χ0n) is 15.3. The Morgan fingerprint density at radius 1 is 1.14 bits per heavy atom. The maximum absolute atomic E-state index is 12.6. The summed E-state index contributed by atoms with van der Waals surface area (Å²) in [7, 11) is -3.58. The van der Waals surface area contributed by atoms with Crippen molar-refractivity contribution in [2.75, 3.05) is 32.8 Å². The first-order valence-electron chi connectivity index (χ1n) is 8.97. The Kier molecular flexibility index (Phi) is 6.55. The molecule has 3 rings (SSSR count). The Hall–Kier alpha value is -2.56. The van der Waals surface area contributed by atoms with Gasteiger partial charge in [-0.15, -0.1) is 0 Å². The average Bonchev–Trinajstić information content (AvgIpc) is 2.73. The molecule has 0 aliphatic carbocycles. The third-order valence-electron chi connectivity index (χ3n) is 4.34. The molecule has 1 aliphatic heterocycles. The van der Waals surface area contributed by atoms with Crippen molar-refractivity contribution in [2.45, 2.75) is 17.9 Å². The van der Waals surface area contributed by atoms with Gasteiger partial charge in [-0.25, -0.2) is 13.1 Å². The van der Waals surface area contributed by atoms with Crippen molar-refractivity contribution >= 4 is 15.9 Å². The van der Waals surface area contributed by atoms with Crippen LogP contribution in [0.3, 0.4) is 0 Å². The molecule has 150 valence electrons. The summed E-state index contributed by atoms with van der Waals surface area (Å²) in [6.07, 6.45) is 2.08. The van der Waals surface area contributed by atoms with Crippen LogP contribution in [0.15, 0.2) is 52.3 Å². The molecule has 0 radical (unpaired) electrons. The van der Waals surface area contributed by atoms with Gasteiger partial charge in [-0.05, 0) is 36.8 Å². The van der Waals surface area contributed by atoms with Crippen LogP contribution >= 0.6 is 0 Å². The smallest absolute Gasteiger partial charge is 0.266 e. The van der Waals surface area contributed by atoms with Gasteiger partial charge in [-0.3, -0.25) is 9.59 Å². The van der Waals surface area contributed by atoms with Crippen LogP contribution in [0.2, 0.25) is 0 Å². The van der Waals surface area contributed by atoms with E-state index in [1.54, 1.807) is 6.07 Å². The van der Waals surface area contributed by atoms with Crippen LogP contribution in [0.5, 0.6) is 0 Å². The number of rotatable bonds is 7. The van der Waals surface area contributed by atoms with E-state index in [-0.39, 0.29) is 16.4 Å². The zero-order chi connectivity index (χ0) is 20.0. The number of nitrogens with one attached hydrogen (secondary N) is 1. The van der Waals surface area contributed by atoms with Gasteiger partial charge in [-0.1, -0.05) is 0 Å². The van der Waals surface area contributed by atoms with Gasteiger partial charge in [0.1, 0.15) is 0 Å². The van der Waals surface area contributed by atoms with Gasteiger partial charge < -0.3 is 10.1 Å². The van der Waals surface area contributed by atoms with Crippen LogP contribution in [-0.2, 0) is 21.3 Å². The molecule has 1 fully saturated rings. The lowest BCUT2D eigenvalue weighted by Gasteiger charge is -2.26. The highest BCUT2D eigenvalue weighted by molar-refractivity contribution is 7.89. The first-order chi connectivity index (χ1) is 13.5. The van der Waals surface area contributed by atoms with Crippen molar-refractivity contribution in [1.29, 1.82) is 0 Å². The molecule has 1 saturated heterocycles. The van der Waals surface area contributed by atoms with E-state index in [4.69, 9.17) is 4.74 Å². The van der Waals surface area contributed by atoms with Gasteiger partial charge in [0, 0.05) is 44.0 Å². The fraction of sp³-hybridized carbons (Fsp3) is 0.389. The second-order valence-electron chi connectivity index (χ2n) is 6.24. The maximum atomic E-state index is 12.6. The number of carbonyl (C=O) groups excluding carboxylic acids is 1. The number of morpholine rings is 1. The lowest BCUT2D eigenvalue weighted by Crippen LogP contribution is -2.40. The number of aromatic nitrogens is 2. The molecule has 2 heterocycles. The number of benzene rings is 1. The molecule has 2 aromatic rings. The molecule has 0 unspecified atom stereocenters. The van der Waals surface area contributed by atoms with E-state index in [1.807, 2.05) is 0 Å². The number of ether oxygens (including phenoxy) is 1. The minimum atomic E-state index is -3.58. The van der Waals surface area contributed by atoms with E-state index in [0.717, 1.165) is 0 Å². The highest BCUT2D eigenvalue weighted by Gasteiger charge is 2.26. The van der Waals surface area contributed by atoms with Crippen molar-refractivity contribution < 1.29 is 17.9 Å². The number of hydrogen-bond donors (Lipinski definition) is 1. The van der Waals surface area contributed by atoms with E-state index in [2.05, 4.69) is 10.4 Å². The summed E-state index contributed by atoms with van der Waals surface area (Å²) < 4.78 is 33.0. The Morgan fingerprint density at radius 3 is 2.54 bits per heavy atom. The molecule has 1 N–H and O–H groups in total. The van der Waals surface area contributed by atoms with E-state index in [1.165, 1.54) is 45.5 Å². The topological polar surface area (TPSA) is 111 Å². The van der Waals surface area contributed by atoms with E-state index < -0.39 is 10.0 Å². The van der Waals surface area contributed by atoms with Crippen LogP contribution in [0, 0.1) is 0 Å². The fourth-order valence-corrected chi connectivity index (χ4v) is 4.21. The minimum Gasteiger partial charge on any atom is -0.379 e.